The highest BCUT2D eigenvalue weighted by atomic mass is 35.5. The molecule has 1 heterocycles. The third-order valence-corrected chi connectivity index (χ3v) is 2.05. The SMILES string of the molecule is CC(C)CCC(=O)Nc1ccc(Cl)nn1. The molecule has 0 saturated carbocycles. The van der Waals surface area contributed by atoms with Gasteiger partial charge in [-0.15, -0.1) is 10.2 Å². The fourth-order valence-electron chi connectivity index (χ4n) is 1.01. The van der Waals surface area contributed by atoms with Crippen molar-refractivity contribution in [1.82, 2.24) is 10.2 Å². The molecule has 0 aliphatic rings. The molecule has 0 atom stereocenters. The number of halogens is 1. The summed E-state index contributed by atoms with van der Waals surface area (Å²) in [6, 6.07) is 3.22. The molecule has 1 N–H and O–H groups in total. The Balaban J connectivity index is 2.41. The molecule has 0 radical (unpaired) electrons. The molecule has 1 aromatic rings. The number of nitrogens with one attached hydrogen (secondary N) is 1. The van der Waals surface area contributed by atoms with E-state index in [2.05, 4.69) is 29.4 Å². The zero-order chi connectivity index (χ0) is 11.3. The van der Waals surface area contributed by atoms with Crippen LogP contribution in [-0.2, 0) is 4.79 Å². The molecule has 5 heteroatoms. The molecule has 0 bridgehead atoms. The van der Waals surface area contributed by atoms with Crippen molar-refractivity contribution in [3.8, 4) is 0 Å². The summed E-state index contributed by atoms with van der Waals surface area (Å²) in [5.41, 5.74) is 0. The van der Waals surface area contributed by atoms with Crippen molar-refractivity contribution < 1.29 is 4.79 Å². The second-order valence-corrected chi connectivity index (χ2v) is 4.11. The Morgan fingerprint density at radius 1 is 1.47 bits per heavy atom. The van der Waals surface area contributed by atoms with E-state index in [4.69, 9.17) is 11.6 Å². The number of aromatic nitrogens is 2. The van der Waals surface area contributed by atoms with Gasteiger partial charge in [0, 0.05) is 6.42 Å². The van der Waals surface area contributed by atoms with Gasteiger partial charge in [-0.2, -0.15) is 0 Å². The first kappa shape index (κ1) is 11.9. The Morgan fingerprint density at radius 2 is 2.20 bits per heavy atom. The number of carbonyl (C=O) groups excluding carboxylic acids is 1. The summed E-state index contributed by atoms with van der Waals surface area (Å²) in [6.07, 6.45) is 1.37. The molecule has 0 saturated heterocycles. The fraction of sp³-hybridized carbons (Fsp3) is 0.500. The topological polar surface area (TPSA) is 54.9 Å². The van der Waals surface area contributed by atoms with Crippen LogP contribution in [0.1, 0.15) is 26.7 Å². The summed E-state index contributed by atoms with van der Waals surface area (Å²) >= 11 is 5.56. The Labute approximate surface area is 94.0 Å². The van der Waals surface area contributed by atoms with E-state index >= 15 is 0 Å². The maximum Gasteiger partial charge on any atom is 0.225 e. The minimum absolute atomic E-state index is 0.0414. The average molecular weight is 228 g/mol. The Kier molecular flexibility index (Phi) is 4.49. The quantitative estimate of drug-likeness (QED) is 0.860. The minimum atomic E-state index is -0.0414. The van der Waals surface area contributed by atoms with Gasteiger partial charge >= 0.3 is 0 Å². The first-order valence-electron chi connectivity index (χ1n) is 4.87. The van der Waals surface area contributed by atoms with Gasteiger partial charge in [-0.1, -0.05) is 25.4 Å². The smallest absolute Gasteiger partial charge is 0.225 e. The van der Waals surface area contributed by atoms with Crippen LogP contribution in [-0.4, -0.2) is 16.1 Å². The molecule has 4 nitrogen and oxygen atoms in total. The van der Waals surface area contributed by atoms with Crippen molar-refractivity contribution in [3.05, 3.63) is 17.3 Å². The number of anilines is 1. The molecule has 15 heavy (non-hydrogen) atoms. The third kappa shape index (κ3) is 4.74. The summed E-state index contributed by atoms with van der Waals surface area (Å²) in [7, 11) is 0. The van der Waals surface area contributed by atoms with Crippen molar-refractivity contribution >= 4 is 23.3 Å². The molecule has 0 unspecified atom stereocenters. The highest BCUT2D eigenvalue weighted by Crippen LogP contribution is 2.08. The fourth-order valence-corrected chi connectivity index (χ4v) is 1.11. The lowest BCUT2D eigenvalue weighted by molar-refractivity contribution is -0.116. The summed E-state index contributed by atoms with van der Waals surface area (Å²) in [5, 5.41) is 10.3. The summed E-state index contributed by atoms with van der Waals surface area (Å²) in [6.45, 7) is 4.16. The molecule has 0 aromatic carbocycles. The number of nitrogens with zero attached hydrogens (tertiary/aromatic N) is 2. The van der Waals surface area contributed by atoms with Crippen LogP contribution in [0.2, 0.25) is 5.15 Å². The predicted octanol–water partition coefficient (Wildman–Crippen LogP) is 2.50. The lowest BCUT2D eigenvalue weighted by atomic mass is 10.1. The third-order valence-electron chi connectivity index (χ3n) is 1.85. The Bertz CT molecular complexity index is 324. The van der Waals surface area contributed by atoms with Crippen LogP contribution in [0.4, 0.5) is 5.82 Å². The van der Waals surface area contributed by atoms with Crippen LogP contribution in [0.3, 0.4) is 0 Å². The van der Waals surface area contributed by atoms with E-state index in [-0.39, 0.29) is 5.91 Å². The first-order chi connectivity index (χ1) is 7.08. The maximum absolute atomic E-state index is 11.4. The molecule has 0 fully saturated rings. The zero-order valence-electron chi connectivity index (χ0n) is 8.83. The molecule has 0 aliphatic carbocycles. The number of rotatable bonds is 4. The highest BCUT2D eigenvalue weighted by molar-refractivity contribution is 6.29. The van der Waals surface area contributed by atoms with E-state index in [0.717, 1.165) is 6.42 Å². The average Bonchev–Trinajstić information content (AvgIpc) is 2.19. The molecule has 0 aliphatic heterocycles. The van der Waals surface area contributed by atoms with Crippen LogP contribution in [0.5, 0.6) is 0 Å². The first-order valence-corrected chi connectivity index (χ1v) is 5.25. The highest BCUT2D eigenvalue weighted by Gasteiger charge is 2.04. The second-order valence-electron chi connectivity index (χ2n) is 3.72. The van der Waals surface area contributed by atoms with Crippen LogP contribution < -0.4 is 5.32 Å². The standard InChI is InChI=1S/C10H14ClN3O/c1-7(2)3-6-10(15)12-9-5-4-8(11)13-14-9/h4-5,7H,3,6H2,1-2H3,(H,12,14,15). The van der Waals surface area contributed by atoms with Gasteiger partial charge < -0.3 is 5.32 Å². The normalized spacial score (nSPS) is 10.4. The largest absolute Gasteiger partial charge is 0.309 e. The molecule has 1 aromatic heterocycles. The Hall–Kier alpha value is -1.16. The van der Waals surface area contributed by atoms with Crippen molar-refractivity contribution in [2.24, 2.45) is 5.92 Å². The van der Waals surface area contributed by atoms with Crippen molar-refractivity contribution in [3.63, 3.8) is 0 Å². The van der Waals surface area contributed by atoms with Gasteiger partial charge in [0.1, 0.15) is 0 Å². The van der Waals surface area contributed by atoms with Crippen molar-refractivity contribution in [2.45, 2.75) is 26.7 Å². The van der Waals surface area contributed by atoms with E-state index in [9.17, 15) is 4.79 Å². The lowest BCUT2D eigenvalue weighted by Gasteiger charge is -2.05. The maximum atomic E-state index is 11.4. The lowest BCUT2D eigenvalue weighted by Crippen LogP contribution is -2.13. The van der Waals surface area contributed by atoms with Crippen LogP contribution in [0.25, 0.3) is 0 Å². The number of hydrogen-bond acceptors (Lipinski definition) is 3. The van der Waals surface area contributed by atoms with E-state index in [0.29, 0.717) is 23.3 Å². The second kappa shape index (κ2) is 5.66. The molecule has 1 rings (SSSR count). The number of carbonyl (C=O) groups is 1. The Morgan fingerprint density at radius 3 is 2.73 bits per heavy atom. The van der Waals surface area contributed by atoms with Gasteiger partial charge in [-0.3, -0.25) is 4.79 Å². The van der Waals surface area contributed by atoms with Gasteiger partial charge in [-0.25, -0.2) is 0 Å². The van der Waals surface area contributed by atoms with Crippen molar-refractivity contribution in [2.75, 3.05) is 5.32 Å². The van der Waals surface area contributed by atoms with Gasteiger partial charge in [0.05, 0.1) is 0 Å². The van der Waals surface area contributed by atoms with E-state index in [1.54, 1.807) is 12.1 Å². The van der Waals surface area contributed by atoms with Gasteiger partial charge in [0.25, 0.3) is 0 Å². The predicted molar refractivity (Wildman–Crippen MR) is 59.7 cm³/mol. The van der Waals surface area contributed by atoms with Crippen LogP contribution in [0, 0.1) is 5.92 Å². The van der Waals surface area contributed by atoms with Crippen molar-refractivity contribution in [1.29, 1.82) is 0 Å². The monoisotopic (exact) mass is 227 g/mol. The summed E-state index contributed by atoms with van der Waals surface area (Å²) in [5.74, 6) is 0.917. The number of amides is 1. The molecular formula is C10H14ClN3O. The molecule has 1 amide bonds. The van der Waals surface area contributed by atoms with Gasteiger partial charge in [0.15, 0.2) is 11.0 Å². The van der Waals surface area contributed by atoms with E-state index in [1.807, 2.05) is 0 Å². The number of hydrogen-bond donors (Lipinski definition) is 1. The zero-order valence-corrected chi connectivity index (χ0v) is 9.58. The van der Waals surface area contributed by atoms with Gasteiger partial charge in [-0.05, 0) is 24.5 Å². The molecular weight excluding hydrogens is 214 g/mol. The molecule has 82 valence electrons. The molecule has 0 spiro atoms. The summed E-state index contributed by atoms with van der Waals surface area (Å²) < 4.78 is 0. The van der Waals surface area contributed by atoms with E-state index < -0.39 is 0 Å². The van der Waals surface area contributed by atoms with E-state index in [1.165, 1.54) is 0 Å². The van der Waals surface area contributed by atoms with Gasteiger partial charge in [0.2, 0.25) is 5.91 Å². The van der Waals surface area contributed by atoms with Crippen LogP contribution >= 0.6 is 11.6 Å². The minimum Gasteiger partial charge on any atom is -0.309 e. The summed E-state index contributed by atoms with van der Waals surface area (Å²) in [4.78, 5) is 11.4. The van der Waals surface area contributed by atoms with Crippen LogP contribution in [0.15, 0.2) is 12.1 Å².